The molecule has 0 radical (unpaired) electrons. The van der Waals surface area contributed by atoms with Crippen molar-refractivity contribution in [1.29, 1.82) is 0 Å². The van der Waals surface area contributed by atoms with Crippen LogP contribution in [0, 0.1) is 12.3 Å². The predicted octanol–water partition coefficient (Wildman–Crippen LogP) is 1.50. The Kier molecular flexibility index (Phi) is 6.27. The zero-order valence-electron chi connectivity index (χ0n) is 8.49. The Bertz CT molecular complexity index is 266. The van der Waals surface area contributed by atoms with Gasteiger partial charge in [0, 0.05) is 6.16 Å². The van der Waals surface area contributed by atoms with E-state index < -0.39 is 13.3 Å². The number of carbonyl (C=O) groups is 1. The number of rotatable bonds is 6. The van der Waals surface area contributed by atoms with Gasteiger partial charge in [-0.15, -0.1) is 6.42 Å². The Morgan fingerprint density at radius 3 is 2.57 bits per heavy atom. The molecule has 1 atom stereocenters. The summed E-state index contributed by atoms with van der Waals surface area (Å²) in [6, 6.07) is 0. The van der Waals surface area contributed by atoms with Gasteiger partial charge < -0.3 is 9.26 Å². The minimum atomic E-state index is -2.84. The van der Waals surface area contributed by atoms with E-state index in [9.17, 15) is 9.36 Å². The van der Waals surface area contributed by atoms with Gasteiger partial charge >= 0.3 is 5.97 Å². The van der Waals surface area contributed by atoms with Crippen LogP contribution in [0.3, 0.4) is 0 Å². The monoisotopic (exact) mass is 218 g/mol. The normalized spacial score (nSPS) is 14.1. The maximum Gasteiger partial charge on any atom is 0.316 e. The average molecular weight is 218 g/mol. The van der Waals surface area contributed by atoms with E-state index in [1.807, 2.05) is 0 Å². The lowest BCUT2D eigenvalue weighted by Crippen LogP contribution is -2.12. The SMILES string of the molecule is C#CCOC(=O)CP(=O)(CC)OCC. The maximum atomic E-state index is 11.8. The fourth-order valence-corrected chi connectivity index (χ4v) is 2.30. The van der Waals surface area contributed by atoms with E-state index in [4.69, 9.17) is 10.9 Å². The molecular formula is C9H15O4P. The number of ether oxygens (including phenoxy) is 1. The van der Waals surface area contributed by atoms with Crippen LogP contribution in [-0.2, 0) is 18.6 Å². The third-order valence-corrected chi connectivity index (χ3v) is 3.97. The first-order valence-corrected chi connectivity index (χ1v) is 6.39. The molecule has 0 aliphatic rings. The standard InChI is InChI=1S/C9H15O4P/c1-4-7-12-9(10)8-14(11,6-3)13-5-2/h1H,5-8H2,2-3H3. The van der Waals surface area contributed by atoms with Crippen molar-refractivity contribution in [1.82, 2.24) is 0 Å². The molecule has 0 saturated carbocycles. The summed E-state index contributed by atoms with van der Waals surface area (Å²) >= 11 is 0. The van der Waals surface area contributed by atoms with Gasteiger partial charge in [0.25, 0.3) is 0 Å². The minimum absolute atomic E-state index is 0.0886. The summed E-state index contributed by atoms with van der Waals surface area (Å²) in [5, 5.41) is 0. The van der Waals surface area contributed by atoms with Gasteiger partial charge in [-0.3, -0.25) is 9.36 Å². The van der Waals surface area contributed by atoms with Gasteiger partial charge in [0.15, 0.2) is 6.61 Å². The van der Waals surface area contributed by atoms with Crippen molar-refractivity contribution in [3.63, 3.8) is 0 Å². The zero-order valence-corrected chi connectivity index (χ0v) is 9.38. The Morgan fingerprint density at radius 1 is 1.50 bits per heavy atom. The third-order valence-electron chi connectivity index (χ3n) is 1.53. The first-order valence-electron chi connectivity index (χ1n) is 4.39. The van der Waals surface area contributed by atoms with Gasteiger partial charge in [0.1, 0.15) is 6.16 Å². The smallest absolute Gasteiger partial charge is 0.316 e. The van der Waals surface area contributed by atoms with Crippen molar-refractivity contribution in [3.05, 3.63) is 0 Å². The van der Waals surface area contributed by atoms with E-state index >= 15 is 0 Å². The Hall–Kier alpha value is -0.780. The Balaban J connectivity index is 4.12. The van der Waals surface area contributed by atoms with Crippen LogP contribution in [0.5, 0.6) is 0 Å². The van der Waals surface area contributed by atoms with E-state index in [1.54, 1.807) is 13.8 Å². The van der Waals surface area contributed by atoms with Crippen LogP contribution < -0.4 is 0 Å². The maximum absolute atomic E-state index is 11.8. The van der Waals surface area contributed by atoms with E-state index in [0.717, 1.165) is 0 Å². The fraction of sp³-hybridized carbons (Fsp3) is 0.667. The van der Waals surface area contributed by atoms with Crippen molar-refractivity contribution >= 4 is 13.3 Å². The molecule has 0 fully saturated rings. The first kappa shape index (κ1) is 13.2. The Morgan fingerprint density at radius 2 is 2.14 bits per heavy atom. The van der Waals surface area contributed by atoms with Crippen LogP contribution in [0.1, 0.15) is 13.8 Å². The van der Waals surface area contributed by atoms with Gasteiger partial charge in [-0.25, -0.2) is 0 Å². The molecule has 0 heterocycles. The largest absolute Gasteiger partial charge is 0.452 e. The van der Waals surface area contributed by atoms with Crippen molar-refractivity contribution in [2.24, 2.45) is 0 Å². The molecule has 0 rings (SSSR count). The van der Waals surface area contributed by atoms with Gasteiger partial charge in [-0.1, -0.05) is 12.8 Å². The second-order valence-corrected chi connectivity index (χ2v) is 5.41. The molecule has 5 heteroatoms. The summed E-state index contributed by atoms with van der Waals surface area (Å²) in [4.78, 5) is 11.1. The molecule has 0 aromatic heterocycles. The number of esters is 1. The van der Waals surface area contributed by atoms with Crippen LogP contribution in [0.15, 0.2) is 0 Å². The van der Waals surface area contributed by atoms with Crippen LogP contribution in [0.25, 0.3) is 0 Å². The molecule has 0 aliphatic carbocycles. The van der Waals surface area contributed by atoms with Crippen molar-refractivity contribution in [2.45, 2.75) is 13.8 Å². The molecule has 0 amide bonds. The molecule has 80 valence electrons. The van der Waals surface area contributed by atoms with Crippen molar-refractivity contribution in [3.8, 4) is 12.3 Å². The second kappa shape index (κ2) is 6.64. The van der Waals surface area contributed by atoms with Crippen molar-refractivity contribution in [2.75, 3.05) is 25.5 Å². The Labute approximate surface area is 84.4 Å². The third kappa shape index (κ3) is 5.06. The molecule has 0 aromatic rings. The fourth-order valence-electron chi connectivity index (χ4n) is 0.849. The molecule has 0 aliphatic heterocycles. The lowest BCUT2D eigenvalue weighted by Gasteiger charge is -2.14. The molecule has 4 nitrogen and oxygen atoms in total. The molecule has 0 N–H and O–H groups in total. The van der Waals surface area contributed by atoms with E-state index in [2.05, 4.69) is 10.7 Å². The summed E-state index contributed by atoms with van der Waals surface area (Å²) in [6.45, 7) is 3.68. The number of carbonyl (C=O) groups excluding carboxylic acids is 1. The summed E-state index contributed by atoms with van der Waals surface area (Å²) in [7, 11) is -2.84. The topological polar surface area (TPSA) is 52.6 Å². The lowest BCUT2D eigenvalue weighted by atomic mass is 10.7. The quantitative estimate of drug-likeness (QED) is 0.385. The molecule has 0 aromatic carbocycles. The molecule has 14 heavy (non-hydrogen) atoms. The van der Waals surface area contributed by atoms with Gasteiger partial charge in [0.05, 0.1) is 6.61 Å². The number of hydrogen-bond donors (Lipinski definition) is 0. The van der Waals surface area contributed by atoms with E-state index in [1.165, 1.54) is 0 Å². The zero-order chi connectivity index (χ0) is 11.0. The van der Waals surface area contributed by atoms with Crippen LogP contribution in [0.4, 0.5) is 0 Å². The predicted molar refractivity (Wildman–Crippen MR) is 54.4 cm³/mol. The molecule has 0 spiro atoms. The molecule has 0 saturated heterocycles. The van der Waals surface area contributed by atoms with Crippen LogP contribution in [0.2, 0.25) is 0 Å². The highest BCUT2D eigenvalue weighted by atomic mass is 31.2. The first-order chi connectivity index (χ1) is 6.58. The highest BCUT2D eigenvalue weighted by Crippen LogP contribution is 2.45. The second-order valence-electron chi connectivity index (χ2n) is 2.57. The van der Waals surface area contributed by atoms with Crippen molar-refractivity contribution < 1.29 is 18.6 Å². The average Bonchev–Trinajstić information content (AvgIpc) is 2.15. The van der Waals surface area contributed by atoms with Gasteiger partial charge in [-0.2, -0.15) is 0 Å². The van der Waals surface area contributed by atoms with Gasteiger partial charge in [-0.05, 0) is 6.92 Å². The highest BCUT2D eigenvalue weighted by molar-refractivity contribution is 7.59. The van der Waals surface area contributed by atoms with E-state index in [-0.39, 0.29) is 12.8 Å². The summed E-state index contributed by atoms with van der Waals surface area (Å²) in [5.74, 6) is 1.59. The number of hydrogen-bond acceptors (Lipinski definition) is 4. The van der Waals surface area contributed by atoms with Crippen LogP contribution >= 0.6 is 7.37 Å². The summed E-state index contributed by atoms with van der Waals surface area (Å²) in [5.41, 5.74) is 0. The highest BCUT2D eigenvalue weighted by Gasteiger charge is 2.24. The van der Waals surface area contributed by atoms with Gasteiger partial charge in [0.2, 0.25) is 7.37 Å². The summed E-state index contributed by atoms with van der Waals surface area (Å²) in [6.07, 6.45) is 5.03. The molecular weight excluding hydrogens is 203 g/mol. The molecule has 1 unspecified atom stereocenters. The molecule has 0 bridgehead atoms. The minimum Gasteiger partial charge on any atom is -0.452 e. The summed E-state index contributed by atoms with van der Waals surface area (Å²) < 4.78 is 21.4. The number of terminal acetylenes is 1. The van der Waals surface area contributed by atoms with Crippen LogP contribution in [-0.4, -0.2) is 31.5 Å². The lowest BCUT2D eigenvalue weighted by molar-refractivity contribution is -0.139. The van der Waals surface area contributed by atoms with E-state index in [0.29, 0.717) is 12.8 Å².